The number of nitrogens with one attached hydrogen (secondary N) is 1. The fourth-order valence-electron chi connectivity index (χ4n) is 4.10. The van der Waals surface area contributed by atoms with Crippen molar-refractivity contribution in [3.05, 3.63) is 112 Å². The Hall–Kier alpha value is -4.25. The normalized spacial score (nSPS) is 11.3. The number of anilines is 1. The van der Waals surface area contributed by atoms with E-state index in [4.69, 9.17) is 37.4 Å². The van der Waals surface area contributed by atoms with Gasteiger partial charge in [0.25, 0.3) is 15.9 Å². The molecule has 4 aromatic carbocycles. The van der Waals surface area contributed by atoms with Crippen LogP contribution in [0.5, 0.6) is 17.2 Å². The van der Waals surface area contributed by atoms with Crippen LogP contribution < -0.4 is 23.9 Å². The first-order valence-electron chi connectivity index (χ1n) is 13.7. The number of benzene rings is 4. The molecule has 4 aromatic rings. The van der Waals surface area contributed by atoms with Gasteiger partial charge in [-0.3, -0.25) is 9.10 Å². The molecule has 0 aliphatic heterocycles. The zero-order valence-corrected chi connectivity index (χ0v) is 26.4. The molecule has 0 unspecified atom stereocenters. The second kappa shape index (κ2) is 15.5. The van der Waals surface area contributed by atoms with Crippen LogP contribution in [0.3, 0.4) is 0 Å². The van der Waals surface area contributed by atoms with Crippen molar-refractivity contribution in [1.29, 1.82) is 0 Å². The average Bonchev–Trinajstić information content (AvgIpc) is 3.00. The standard InChI is InChI=1S/C32H31Cl2N3O6S/c1-3-41-29-11-6-5-10-28(29)37(44(39,40)27-15-13-25(33)14-16-27)21-32(38)36-35-20-23-12-17-30(31(19-23)42-4-2)43-22-24-8-7-9-26(34)18-24/h5-20H,3-4,21-22H2,1-2H3,(H,36,38)/b35-20-. The number of sulfonamides is 1. The largest absolute Gasteiger partial charge is 0.492 e. The van der Waals surface area contributed by atoms with Gasteiger partial charge in [0.05, 0.1) is 30.0 Å². The predicted molar refractivity (Wildman–Crippen MR) is 173 cm³/mol. The van der Waals surface area contributed by atoms with Crippen LogP contribution in [0.2, 0.25) is 10.0 Å². The summed E-state index contributed by atoms with van der Waals surface area (Å²) in [4.78, 5) is 13.0. The highest BCUT2D eigenvalue weighted by Crippen LogP contribution is 2.33. The van der Waals surface area contributed by atoms with Gasteiger partial charge in [0, 0.05) is 10.0 Å². The smallest absolute Gasteiger partial charge is 0.264 e. The Morgan fingerprint density at radius 2 is 1.55 bits per heavy atom. The van der Waals surface area contributed by atoms with Crippen molar-refractivity contribution in [2.75, 3.05) is 24.1 Å². The van der Waals surface area contributed by atoms with E-state index in [1.54, 1.807) is 55.5 Å². The molecular weight excluding hydrogens is 625 g/mol. The van der Waals surface area contributed by atoms with Crippen LogP contribution in [-0.2, 0) is 21.4 Å². The minimum atomic E-state index is -4.18. The number of rotatable bonds is 14. The predicted octanol–water partition coefficient (Wildman–Crippen LogP) is 6.72. The zero-order chi connectivity index (χ0) is 31.5. The molecule has 0 radical (unpaired) electrons. The first-order chi connectivity index (χ1) is 21.2. The molecule has 44 heavy (non-hydrogen) atoms. The summed E-state index contributed by atoms with van der Waals surface area (Å²) >= 11 is 12.0. The second-order valence-electron chi connectivity index (χ2n) is 9.22. The summed E-state index contributed by atoms with van der Waals surface area (Å²) in [6, 6.07) is 24.9. The molecule has 230 valence electrons. The lowest BCUT2D eigenvalue weighted by atomic mass is 10.2. The SMILES string of the molecule is CCOc1cc(/C=N\NC(=O)CN(c2ccccc2OCC)S(=O)(=O)c2ccc(Cl)cc2)ccc1OCc1cccc(Cl)c1. The fourth-order valence-corrected chi connectivity index (χ4v) is 5.87. The molecule has 4 rings (SSSR count). The van der Waals surface area contributed by atoms with E-state index in [0.717, 1.165) is 9.87 Å². The van der Waals surface area contributed by atoms with Gasteiger partial charge < -0.3 is 14.2 Å². The Labute approximate surface area is 267 Å². The lowest BCUT2D eigenvalue weighted by Crippen LogP contribution is -2.39. The van der Waals surface area contributed by atoms with Gasteiger partial charge in [-0.25, -0.2) is 13.8 Å². The van der Waals surface area contributed by atoms with E-state index in [-0.39, 0.29) is 10.6 Å². The number of halogens is 2. The van der Waals surface area contributed by atoms with Crippen molar-refractivity contribution in [3.8, 4) is 17.2 Å². The van der Waals surface area contributed by atoms with Crippen molar-refractivity contribution < 1.29 is 27.4 Å². The quantitative estimate of drug-likeness (QED) is 0.119. The molecule has 1 amide bonds. The number of carbonyl (C=O) groups excluding carboxylic acids is 1. The highest BCUT2D eigenvalue weighted by atomic mass is 35.5. The third kappa shape index (κ3) is 8.66. The van der Waals surface area contributed by atoms with Gasteiger partial charge in [0.15, 0.2) is 11.5 Å². The molecule has 0 aliphatic rings. The van der Waals surface area contributed by atoms with Crippen molar-refractivity contribution in [1.82, 2.24) is 5.43 Å². The average molecular weight is 657 g/mol. The van der Waals surface area contributed by atoms with E-state index in [0.29, 0.717) is 52.7 Å². The molecule has 0 saturated carbocycles. The zero-order valence-electron chi connectivity index (χ0n) is 24.1. The number of amides is 1. The maximum Gasteiger partial charge on any atom is 0.264 e. The summed E-state index contributed by atoms with van der Waals surface area (Å²) in [6.45, 7) is 4.09. The third-order valence-electron chi connectivity index (χ3n) is 6.08. The van der Waals surface area contributed by atoms with Gasteiger partial charge in [0.2, 0.25) is 0 Å². The summed E-state index contributed by atoms with van der Waals surface area (Å²) in [7, 11) is -4.18. The fraction of sp³-hybridized carbons (Fsp3) is 0.188. The molecule has 9 nitrogen and oxygen atoms in total. The molecule has 0 atom stereocenters. The van der Waals surface area contributed by atoms with Gasteiger partial charge in [-0.1, -0.05) is 47.5 Å². The number of nitrogens with zero attached hydrogens (tertiary/aromatic N) is 2. The van der Waals surface area contributed by atoms with Gasteiger partial charge >= 0.3 is 0 Å². The number of ether oxygens (including phenoxy) is 3. The summed E-state index contributed by atoms with van der Waals surface area (Å²) in [5.41, 5.74) is 4.15. The molecule has 0 fully saturated rings. The van der Waals surface area contributed by atoms with Crippen LogP contribution in [0, 0.1) is 0 Å². The molecule has 0 aromatic heterocycles. The van der Waals surface area contributed by atoms with Crippen LogP contribution >= 0.6 is 23.2 Å². The van der Waals surface area contributed by atoms with Crippen LogP contribution in [0.25, 0.3) is 0 Å². The van der Waals surface area contributed by atoms with E-state index in [1.165, 1.54) is 30.5 Å². The van der Waals surface area contributed by atoms with E-state index in [2.05, 4.69) is 10.5 Å². The van der Waals surface area contributed by atoms with Gasteiger partial charge in [0.1, 0.15) is 18.9 Å². The Morgan fingerprint density at radius 1 is 0.818 bits per heavy atom. The Kier molecular flexibility index (Phi) is 11.5. The van der Waals surface area contributed by atoms with E-state index in [9.17, 15) is 13.2 Å². The second-order valence-corrected chi connectivity index (χ2v) is 12.0. The van der Waals surface area contributed by atoms with E-state index >= 15 is 0 Å². The Morgan fingerprint density at radius 3 is 2.27 bits per heavy atom. The third-order valence-corrected chi connectivity index (χ3v) is 8.34. The minimum Gasteiger partial charge on any atom is -0.492 e. The summed E-state index contributed by atoms with van der Waals surface area (Å²) < 4.78 is 45.7. The van der Waals surface area contributed by atoms with Crippen LogP contribution in [0.15, 0.2) is 101 Å². The lowest BCUT2D eigenvalue weighted by molar-refractivity contribution is -0.119. The van der Waals surface area contributed by atoms with Crippen LogP contribution in [-0.4, -0.2) is 40.3 Å². The van der Waals surface area contributed by atoms with Crippen molar-refractivity contribution in [2.24, 2.45) is 5.10 Å². The summed E-state index contributed by atoms with van der Waals surface area (Å²) in [6.07, 6.45) is 1.42. The molecule has 0 saturated heterocycles. The number of para-hydroxylation sites is 2. The minimum absolute atomic E-state index is 0.0365. The van der Waals surface area contributed by atoms with Gasteiger partial charge in [-0.05, 0) is 91.7 Å². The Balaban J connectivity index is 1.50. The molecule has 0 aliphatic carbocycles. The number of hydrazone groups is 1. The summed E-state index contributed by atoms with van der Waals surface area (Å²) in [5.74, 6) is 0.670. The molecule has 0 heterocycles. The molecular formula is C32H31Cl2N3O6S. The molecule has 12 heteroatoms. The number of hydrogen-bond acceptors (Lipinski definition) is 7. The van der Waals surface area contributed by atoms with Gasteiger partial charge in [-0.2, -0.15) is 5.10 Å². The van der Waals surface area contributed by atoms with Crippen molar-refractivity contribution >= 4 is 51.0 Å². The molecule has 0 bridgehead atoms. The van der Waals surface area contributed by atoms with Crippen molar-refractivity contribution in [3.63, 3.8) is 0 Å². The topological polar surface area (TPSA) is 107 Å². The van der Waals surface area contributed by atoms with E-state index in [1.807, 2.05) is 25.1 Å². The lowest BCUT2D eigenvalue weighted by Gasteiger charge is -2.25. The first-order valence-corrected chi connectivity index (χ1v) is 15.9. The van der Waals surface area contributed by atoms with Crippen molar-refractivity contribution in [2.45, 2.75) is 25.3 Å². The summed E-state index contributed by atoms with van der Waals surface area (Å²) in [5, 5.41) is 5.04. The monoisotopic (exact) mass is 655 g/mol. The first kappa shape index (κ1) is 32.7. The molecule has 1 N–H and O–H groups in total. The number of hydrogen-bond donors (Lipinski definition) is 1. The maximum absolute atomic E-state index is 13.7. The Bertz CT molecular complexity index is 1720. The highest BCUT2D eigenvalue weighted by Gasteiger charge is 2.29. The maximum atomic E-state index is 13.7. The molecule has 0 spiro atoms. The van der Waals surface area contributed by atoms with E-state index < -0.39 is 22.5 Å². The van der Waals surface area contributed by atoms with Gasteiger partial charge in [-0.15, -0.1) is 0 Å². The number of carbonyl (C=O) groups is 1. The van der Waals surface area contributed by atoms with Crippen LogP contribution in [0.4, 0.5) is 5.69 Å². The van der Waals surface area contributed by atoms with Crippen LogP contribution in [0.1, 0.15) is 25.0 Å². The highest BCUT2D eigenvalue weighted by molar-refractivity contribution is 7.92.